The molecule has 168 valence electrons. The summed E-state index contributed by atoms with van der Waals surface area (Å²) in [5.41, 5.74) is 2.14. The topological polar surface area (TPSA) is 44.8 Å². The largest absolute Gasteiger partial charge is 0.413 e. The highest BCUT2D eigenvalue weighted by atomic mass is 28.4. The first-order valence-electron chi connectivity index (χ1n) is 11.2. The van der Waals surface area contributed by atoms with Crippen LogP contribution in [0.5, 0.6) is 0 Å². The van der Waals surface area contributed by atoms with E-state index in [1.807, 2.05) is 60.7 Å². The van der Waals surface area contributed by atoms with E-state index in [1.54, 1.807) is 0 Å². The molecule has 0 N–H and O–H groups in total. The van der Waals surface area contributed by atoms with Gasteiger partial charge in [-0.15, -0.1) is 0 Å². The second-order valence-corrected chi connectivity index (χ2v) is 14.7. The summed E-state index contributed by atoms with van der Waals surface area (Å²) in [7, 11) is -1.98. The van der Waals surface area contributed by atoms with Crippen molar-refractivity contribution >= 4 is 14.1 Å². The molecule has 2 aromatic rings. The fourth-order valence-corrected chi connectivity index (χ4v) is 4.96. The van der Waals surface area contributed by atoms with Crippen LogP contribution in [0.3, 0.4) is 0 Å². The second-order valence-electron chi connectivity index (χ2n) is 9.96. The molecule has 1 fully saturated rings. The average molecular weight is 441 g/mol. The highest BCUT2D eigenvalue weighted by molar-refractivity contribution is 6.74. The third-order valence-electron chi connectivity index (χ3n) is 6.43. The van der Waals surface area contributed by atoms with E-state index in [9.17, 15) is 4.79 Å². The van der Waals surface area contributed by atoms with E-state index in [-0.39, 0.29) is 23.0 Å². The van der Waals surface area contributed by atoms with Crippen LogP contribution in [-0.2, 0) is 31.9 Å². The molecular formula is C26H36O4Si. The monoisotopic (exact) mass is 440 g/mol. The van der Waals surface area contributed by atoms with Crippen molar-refractivity contribution in [3.05, 3.63) is 71.8 Å². The molecule has 3 atom stereocenters. The summed E-state index contributed by atoms with van der Waals surface area (Å²) in [5.74, 6) is 0.0731. The molecule has 0 heterocycles. The SMILES string of the molecule is CC(C)(C)[Si](C)(C)OC1CC(=O)C(OCc2ccccc2)C(OCc2ccccc2)C1. The Balaban J connectivity index is 1.71. The Bertz CT molecular complexity index is 829. The first-order chi connectivity index (χ1) is 14.7. The predicted molar refractivity (Wildman–Crippen MR) is 126 cm³/mol. The maximum absolute atomic E-state index is 13.1. The summed E-state index contributed by atoms with van der Waals surface area (Å²) in [6.07, 6.45) is 0.0516. The van der Waals surface area contributed by atoms with Crippen LogP contribution in [0, 0.1) is 0 Å². The normalized spacial score (nSPS) is 22.5. The molecule has 3 rings (SSSR count). The van der Waals surface area contributed by atoms with Crippen molar-refractivity contribution in [2.75, 3.05) is 0 Å². The number of hydrogen-bond acceptors (Lipinski definition) is 4. The molecule has 4 nitrogen and oxygen atoms in total. The summed E-state index contributed by atoms with van der Waals surface area (Å²) in [5, 5.41) is 0.0943. The minimum Gasteiger partial charge on any atom is -0.413 e. The van der Waals surface area contributed by atoms with Gasteiger partial charge in [0, 0.05) is 12.8 Å². The van der Waals surface area contributed by atoms with Gasteiger partial charge >= 0.3 is 0 Å². The van der Waals surface area contributed by atoms with Crippen LogP contribution in [0.4, 0.5) is 0 Å². The molecule has 0 bridgehead atoms. The maximum atomic E-state index is 13.1. The second kappa shape index (κ2) is 10.2. The lowest BCUT2D eigenvalue weighted by Crippen LogP contribution is -2.51. The Morgan fingerprint density at radius 1 is 0.871 bits per heavy atom. The van der Waals surface area contributed by atoms with Gasteiger partial charge in [-0.05, 0) is 29.3 Å². The summed E-state index contributed by atoms with van der Waals surface area (Å²) in [6.45, 7) is 12.0. The van der Waals surface area contributed by atoms with Crippen LogP contribution < -0.4 is 0 Å². The molecule has 1 aliphatic rings. The molecule has 1 aliphatic carbocycles. The van der Waals surface area contributed by atoms with Gasteiger partial charge in [-0.3, -0.25) is 4.79 Å². The van der Waals surface area contributed by atoms with Crippen molar-refractivity contribution in [3.8, 4) is 0 Å². The van der Waals surface area contributed by atoms with E-state index in [2.05, 4.69) is 33.9 Å². The molecule has 3 unspecified atom stereocenters. The fourth-order valence-electron chi connectivity index (χ4n) is 3.59. The Kier molecular flexibility index (Phi) is 7.86. The zero-order chi connectivity index (χ0) is 22.5. The van der Waals surface area contributed by atoms with Crippen molar-refractivity contribution in [3.63, 3.8) is 0 Å². The lowest BCUT2D eigenvalue weighted by Gasteiger charge is -2.42. The van der Waals surface area contributed by atoms with Gasteiger partial charge in [0.05, 0.1) is 25.4 Å². The highest BCUT2D eigenvalue weighted by Gasteiger charge is 2.44. The van der Waals surface area contributed by atoms with Crippen molar-refractivity contribution in [2.45, 2.75) is 83.3 Å². The molecule has 31 heavy (non-hydrogen) atoms. The lowest BCUT2D eigenvalue weighted by atomic mass is 9.91. The number of carbonyl (C=O) groups excluding carboxylic acids is 1. The van der Waals surface area contributed by atoms with Crippen molar-refractivity contribution in [1.82, 2.24) is 0 Å². The van der Waals surface area contributed by atoms with Crippen LogP contribution in [0.25, 0.3) is 0 Å². The molecule has 0 radical (unpaired) electrons. The number of carbonyl (C=O) groups is 1. The molecule has 0 saturated heterocycles. The van der Waals surface area contributed by atoms with Crippen LogP contribution in [0.15, 0.2) is 60.7 Å². The van der Waals surface area contributed by atoms with E-state index < -0.39 is 14.4 Å². The molecule has 5 heteroatoms. The van der Waals surface area contributed by atoms with Crippen LogP contribution in [0.2, 0.25) is 18.1 Å². The van der Waals surface area contributed by atoms with E-state index in [0.717, 1.165) is 11.1 Å². The molecule has 1 saturated carbocycles. The van der Waals surface area contributed by atoms with E-state index in [4.69, 9.17) is 13.9 Å². The maximum Gasteiger partial charge on any atom is 0.192 e. The molecule has 0 spiro atoms. The molecular weight excluding hydrogens is 404 g/mol. The fraction of sp³-hybridized carbons (Fsp3) is 0.500. The van der Waals surface area contributed by atoms with Crippen LogP contribution in [0.1, 0.15) is 44.7 Å². The third kappa shape index (κ3) is 6.59. The Hall–Kier alpha value is -1.79. The van der Waals surface area contributed by atoms with Crippen molar-refractivity contribution in [1.29, 1.82) is 0 Å². The predicted octanol–water partition coefficient (Wildman–Crippen LogP) is 5.91. The van der Waals surface area contributed by atoms with E-state index >= 15 is 0 Å². The zero-order valence-electron chi connectivity index (χ0n) is 19.5. The first kappa shape index (κ1) is 23.9. The lowest BCUT2D eigenvalue weighted by molar-refractivity contribution is -0.158. The van der Waals surface area contributed by atoms with E-state index in [1.165, 1.54) is 0 Å². The van der Waals surface area contributed by atoms with Gasteiger partial charge < -0.3 is 13.9 Å². The quantitative estimate of drug-likeness (QED) is 0.479. The van der Waals surface area contributed by atoms with Gasteiger partial charge in [0.25, 0.3) is 0 Å². The van der Waals surface area contributed by atoms with Crippen LogP contribution >= 0.6 is 0 Å². The van der Waals surface area contributed by atoms with Gasteiger partial charge in [0.15, 0.2) is 14.1 Å². The Morgan fingerprint density at radius 3 is 1.90 bits per heavy atom. The Morgan fingerprint density at radius 2 is 1.39 bits per heavy atom. The highest BCUT2D eigenvalue weighted by Crippen LogP contribution is 2.39. The molecule has 0 aliphatic heterocycles. The number of hydrogen-bond donors (Lipinski definition) is 0. The smallest absolute Gasteiger partial charge is 0.192 e. The third-order valence-corrected chi connectivity index (χ3v) is 11.0. The number of Topliss-reactive ketones (excluding diaryl/α,β-unsaturated/α-hetero) is 1. The average Bonchev–Trinajstić information content (AvgIpc) is 2.72. The first-order valence-corrected chi connectivity index (χ1v) is 14.1. The summed E-state index contributed by atoms with van der Waals surface area (Å²) in [4.78, 5) is 13.1. The van der Waals surface area contributed by atoms with Gasteiger partial charge in [-0.25, -0.2) is 0 Å². The molecule has 2 aromatic carbocycles. The number of ether oxygens (including phenoxy) is 2. The van der Waals surface area contributed by atoms with Crippen molar-refractivity contribution in [2.24, 2.45) is 0 Å². The Labute approximate surface area is 188 Å². The van der Waals surface area contributed by atoms with Crippen LogP contribution in [-0.4, -0.2) is 32.4 Å². The zero-order valence-corrected chi connectivity index (χ0v) is 20.5. The molecule has 0 amide bonds. The number of rotatable bonds is 8. The summed E-state index contributed by atoms with van der Waals surface area (Å²) < 4.78 is 19.0. The number of benzene rings is 2. The van der Waals surface area contributed by atoms with Gasteiger partial charge in [-0.2, -0.15) is 0 Å². The molecule has 0 aromatic heterocycles. The minimum absolute atomic E-state index is 0.0731. The summed E-state index contributed by atoms with van der Waals surface area (Å²) >= 11 is 0. The van der Waals surface area contributed by atoms with Crippen molar-refractivity contribution < 1.29 is 18.7 Å². The van der Waals surface area contributed by atoms with Gasteiger partial charge in [0.1, 0.15) is 6.10 Å². The standard InChI is InChI=1S/C26H36O4Si/c1-26(2,3)31(4,5)30-22-16-23(27)25(29-19-21-14-10-7-11-15-21)24(17-22)28-18-20-12-8-6-9-13-20/h6-15,22,24-25H,16-19H2,1-5H3. The minimum atomic E-state index is -1.98. The van der Waals surface area contributed by atoms with E-state index in [0.29, 0.717) is 26.1 Å². The van der Waals surface area contributed by atoms with Gasteiger partial charge in [-0.1, -0.05) is 81.4 Å². The van der Waals surface area contributed by atoms with Gasteiger partial charge in [0.2, 0.25) is 0 Å². The summed E-state index contributed by atoms with van der Waals surface area (Å²) in [6, 6.07) is 20.0. The number of ketones is 1.